The maximum absolute atomic E-state index is 2.76. The Balaban J connectivity index is 1.39. The van der Waals surface area contributed by atoms with Crippen molar-refractivity contribution in [3.63, 3.8) is 0 Å². The normalized spacial score (nSPS) is 32.4. The van der Waals surface area contributed by atoms with Crippen LogP contribution in [0.25, 0.3) is 0 Å². The van der Waals surface area contributed by atoms with Gasteiger partial charge in [-0.15, -0.1) is 0 Å². The van der Waals surface area contributed by atoms with E-state index in [1.54, 1.807) is 0 Å². The Morgan fingerprint density at radius 1 is 0.762 bits per heavy atom. The molecule has 0 aromatic carbocycles. The topological polar surface area (TPSA) is 13.0 Å². The van der Waals surface area contributed by atoms with Crippen LogP contribution in [0.5, 0.6) is 0 Å². The molecular formula is C17H34N4. The molecule has 3 rings (SSSR count). The summed E-state index contributed by atoms with van der Waals surface area (Å²) in [6.45, 7) is 14.2. The van der Waals surface area contributed by atoms with Gasteiger partial charge < -0.3 is 14.7 Å². The third-order valence-electron chi connectivity index (χ3n) is 5.84. The molecule has 0 spiro atoms. The molecule has 4 nitrogen and oxygen atoms in total. The quantitative estimate of drug-likeness (QED) is 0.763. The lowest BCUT2D eigenvalue weighted by atomic mass is 9.95. The number of likely N-dealkylation sites (tertiary alicyclic amines) is 2. The van der Waals surface area contributed by atoms with Crippen molar-refractivity contribution in [2.45, 2.75) is 25.8 Å². The summed E-state index contributed by atoms with van der Waals surface area (Å²) in [4.78, 5) is 10.4. The lowest BCUT2D eigenvalue weighted by Gasteiger charge is -2.45. The van der Waals surface area contributed by atoms with Gasteiger partial charge in [0, 0.05) is 51.9 Å². The van der Waals surface area contributed by atoms with Crippen LogP contribution in [0, 0.1) is 11.8 Å². The SMILES string of the molecule is CC1CN(CC2CN(C)C2)CCN1CC1CCN(C)CC1. The fourth-order valence-corrected chi connectivity index (χ4v) is 4.39. The van der Waals surface area contributed by atoms with E-state index in [4.69, 9.17) is 0 Å². The summed E-state index contributed by atoms with van der Waals surface area (Å²) in [6, 6.07) is 0.746. The van der Waals surface area contributed by atoms with E-state index >= 15 is 0 Å². The van der Waals surface area contributed by atoms with Gasteiger partial charge in [-0.2, -0.15) is 0 Å². The first kappa shape index (κ1) is 15.7. The molecule has 0 saturated carbocycles. The van der Waals surface area contributed by atoms with Gasteiger partial charge in [0.15, 0.2) is 0 Å². The van der Waals surface area contributed by atoms with Crippen LogP contribution in [0.2, 0.25) is 0 Å². The molecule has 0 aromatic heterocycles. The van der Waals surface area contributed by atoms with Gasteiger partial charge in [-0.25, -0.2) is 0 Å². The second-order valence-corrected chi connectivity index (χ2v) is 7.94. The number of piperidine rings is 1. The van der Waals surface area contributed by atoms with Gasteiger partial charge in [-0.1, -0.05) is 0 Å². The molecule has 3 aliphatic heterocycles. The van der Waals surface area contributed by atoms with Crippen molar-refractivity contribution in [3.05, 3.63) is 0 Å². The van der Waals surface area contributed by atoms with Gasteiger partial charge in [0.2, 0.25) is 0 Å². The smallest absolute Gasteiger partial charge is 0.0195 e. The molecule has 1 atom stereocenters. The third kappa shape index (κ3) is 4.19. The molecule has 0 amide bonds. The van der Waals surface area contributed by atoms with E-state index < -0.39 is 0 Å². The minimum absolute atomic E-state index is 0.746. The Morgan fingerprint density at radius 3 is 2.10 bits per heavy atom. The molecule has 0 aromatic rings. The predicted octanol–water partition coefficient (Wildman–Crippen LogP) is 0.896. The van der Waals surface area contributed by atoms with Crippen molar-refractivity contribution >= 4 is 0 Å². The molecule has 3 heterocycles. The van der Waals surface area contributed by atoms with E-state index in [9.17, 15) is 0 Å². The third-order valence-corrected chi connectivity index (χ3v) is 5.84. The first-order valence-corrected chi connectivity index (χ1v) is 8.93. The molecule has 4 heteroatoms. The molecule has 1 unspecified atom stereocenters. The maximum atomic E-state index is 2.76. The van der Waals surface area contributed by atoms with Crippen LogP contribution < -0.4 is 0 Å². The van der Waals surface area contributed by atoms with Crippen LogP contribution in [0.4, 0.5) is 0 Å². The van der Waals surface area contributed by atoms with Crippen molar-refractivity contribution in [2.75, 3.05) is 73.0 Å². The summed E-state index contributed by atoms with van der Waals surface area (Å²) in [5.41, 5.74) is 0. The van der Waals surface area contributed by atoms with Crippen LogP contribution in [-0.4, -0.2) is 98.6 Å². The van der Waals surface area contributed by atoms with Gasteiger partial charge >= 0.3 is 0 Å². The summed E-state index contributed by atoms with van der Waals surface area (Å²) in [5, 5.41) is 0. The van der Waals surface area contributed by atoms with Crippen molar-refractivity contribution in [3.8, 4) is 0 Å². The molecule has 0 aliphatic carbocycles. The Morgan fingerprint density at radius 2 is 1.48 bits per heavy atom. The van der Waals surface area contributed by atoms with Gasteiger partial charge in [0.1, 0.15) is 0 Å². The standard InChI is InChI=1S/C17H34N4/c1-15-10-20(13-17-11-19(3)12-17)8-9-21(15)14-16-4-6-18(2)7-5-16/h15-17H,4-14H2,1-3H3. The monoisotopic (exact) mass is 294 g/mol. The molecule has 0 radical (unpaired) electrons. The molecule has 122 valence electrons. The maximum Gasteiger partial charge on any atom is 0.0195 e. The number of nitrogens with zero attached hydrogens (tertiary/aromatic N) is 4. The van der Waals surface area contributed by atoms with E-state index in [0.717, 1.165) is 17.9 Å². The second-order valence-electron chi connectivity index (χ2n) is 7.94. The minimum atomic E-state index is 0.746. The molecule has 0 N–H and O–H groups in total. The Labute approximate surface area is 131 Å². The van der Waals surface area contributed by atoms with Crippen LogP contribution in [-0.2, 0) is 0 Å². The Kier molecular flexibility index (Phi) is 5.20. The largest absolute Gasteiger partial charge is 0.306 e. The van der Waals surface area contributed by atoms with E-state index in [0.29, 0.717) is 0 Å². The van der Waals surface area contributed by atoms with E-state index in [2.05, 4.69) is 40.6 Å². The van der Waals surface area contributed by atoms with Gasteiger partial charge in [-0.3, -0.25) is 4.90 Å². The average Bonchev–Trinajstić information content (AvgIpc) is 2.42. The van der Waals surface area contributed by atoms with Crippen molar-refractivity contribution < 1.29 is 0 Å². The lowest BCUT2D eigenvalue weighted by molar-refractivity contribution is 0.0285. The van der Waals surface area contributed by atoms with Crippen molar-refractivity contribution in [2.24, 2.45) is 11.8 Å². The fourth-order valence-electron chi connectivity index (χ4n) is 4.39. The second kappa shape index (κ2) is 6.95. The highest BCUT2D eigenvalue weighted by atomic mass is 15.3. The Hall–Kier alpha value is -0.160. The number of hydrogen-bond donors (Lipinski definition) is 0. The first-order valence-electron chi connectivity index (χ1n) is 8.93. The first-order chi connectivity index (χ1) is 10.1. The molecule has 3 aliphatic rings. The zero-order valence-electron chi connectivity index (χ0n) is 14.3. The summed E-state index contributed by atoms with van der Waals surface area (Å²) in [6.07, 6.45) is 2.80. The molecule has 21 heavy (non-hydrogen) atoms. The van der Waals surface area contributed by atoms with Crippen LogP contribution in [0.15, 0.2) is 0 Å². The molecule has 3 saturated heterocycles. The summed E-state index contributed by atoms with van der Waals surface area (Å²) < 4.78 is 0. The zero-order chi connectivity index (χ0) is 14.8. The zero-order valence-corrected chi connectivity index (χ0v) is 14.3. The van der Waals surface area contributed by atoms with E-state index in [1.165, 1.54) is 71.7 Å². The van der Waals surface area contributed by atoms with Gasteiger partial charge in [0.05, 0.1) is 0 Å². The van der Waals surface area contributed by atoms with Gasteiger partial charge in [0.25, 0.3) is 0 Å². The summed E-state index contributed by atoms with van der Waals surface area (Å²) >= 11 is 0. The Bertz CT molecular complexity index is 321. The molecule has 3 fully saturated rings. The summed E-state index contributed by atoms with van der Waals surface area (Å²) in [5.74, 6) is 1.87. The predicted molar refractivity (Wildman–Crippen MR) is 88.7 cm³/mol. The highest BCUT2D eigenvalue weighted by Gasteiger charge is 2.30. The van der Waals surface area contributed by atoms with Crippen molar-refractivity contribution in [1.82, 2.24) is 19.6 Å². The highest BCUT2D eigenvalue weighted by Crippen LogP contribution is 2.21. The number of hydrogen-bond acceptors (Lipinski definition) is 4. The van der Waals surface area contributed by atoms with Crippen molar-refractivity contribution in [1.29, 1.82) is 0 Å². The minimum Gasteiger partial charge on any atom is -0.306 e. The highest BCUT2D eigenvalue weighted by molar-refractivity contribution is 4.86. The fraction of sp³-hybridized carbons (Fsp3) is 1.00. The van der Waals surface area contributed by atoms with Crippen LogP contribution in [0.1, 0.15) is 19.8 Å². The van der Waals surface area contributed by atoms with Crippen LogP contribution in [0.3, 0.4) is 0 Å². The summed E-state index contributed by atoms with van der Waals surface area (Å²) in [7, 11) is 4.49. The van der Waals surface area contributed by atoms with E-state index in [1.807, 2.05) is 0 Å². The van der Waals surface area contributed by atoms with Crippen LogP contribution >= 0.6 is 0 Å². The molecular weight excluding hydrogens is 260 g/mol. The van der Waals surface area contributed by atoms with E-state index in [-0.39, 0.29) is 0 Å². The van der Waals surface area contributed by atoms with Gasteiger partial charge in [-0.05, 0) is 58.8 Å². The number of rotatable bonds is 4. The number of piperazine rings is 1. The lowest BCUT2D eigenvalue weighted by Crippen LogP contribution is -2.57. The molecule has 0 bridgehead atoms. The average molecular weight is 294 g/mol.